The van der Waals surface area contributed by atoms with Crippen LogP contribution in [0.2, 0.25) is 0 Å². The van der Waals surface area contributed by atoms with E-state index in [-0.39, 0.29) is 5.92 Å². The molecular weight excluding hydrogens is 190 g/mol. The Morgan fingerprint density at radius 3 is 2.67 bits per heavy atom. The van der Waals surface area contributed by atoms with Gasteiger partial charge in [-0.3, -0.25) is 4.79 Å². The Kier molecular flexibility index (Phi) is 5.69. The topological polar surface area (TPSA) is 49.3 Å². The number of hydrogen-bond donors (Lipinski definition) is 2. The fourth-order valence-corrected chi connectivity index (χ4v) is 2.14. The van der Waals surface area contributed by atoms with Crippen molar-refractivity contribution in [2.24, 2.45) is 11.8 Å². The molecule has 1 aliphatic rings. The van der Waals surface area contributed by atoms with E-state index < -0.39 is 5.97 Å². The normalized spacial score (nSPS) is 20.1. The third kappa shape index (κ3) is 5.17. The summed E-state index contributed by atoms with van der Waals surface area (Å²) in [7, 11) is 0. The van der Waals surface area contributed by atoms with Crippen molar-refractivity contribution in [1.29, 1.82) is 0 Å². The molecule has 0 bridgehead atoms. The fraction of sp³-hybridized carbons (Fsp3) is 0.917. The molecular formula is C12H23NO2. The number of nitrogens with one attached hydrogen (secondary N) is 1. The highest BCUT2D eigenvalue weighted by Crippen LogP contribution is 2.22. The predicted octanol–water partition coefficient (Wildman–Crippen LogP) is 2.27. The van der Waals surface area contributed by atoms with Gasteiger partial charge in [0.2, 0.25) is 0 Å². The van der Waals surface area contributed by atoms with E-state index in [9.17, 15) is 4.79 Å². The van der Waals surface area contributed by atoms with E-state index in [0.717, 1.165) is 25.4 Å². The van der Waals surface area contributed by atoms with Gasteiger partial charge in [-0.05, 0) is 38.3 Å². The summed E-state index contributed by atoms with van der Waals surface area (Å²) in [6, 6.07) is 0. The van der Waals surface area contributed by atoms with Crippen LogP contribution in [0.1, 0.15) is 45.4 Å². The zero-order valence-corrected chi connectivity index (χ0v) is 9.67. The summed E-state index contributed by atoms with van der Waals surface area (Å²) in [5, 5.41) is 12.1. The second-order valence-corrected chi connectivity index (χ2v) is 4.74. The van der Waals surface area contributed by atoms with Crippen LogP contribution in [0.4, 0.5) is 0 Å². The molecule has 3 nitrogen and oxygen atoms in total. The van der Waals surface area contributed by atoms with Gasteiger partial charge < -0.3 is 10.4 Å². The molecule has 0 spiro atoms. The zero-order chi connectivity index (χ0) is 11.1. The lowest BCUT2D eigenvalue weighted by Crippen LogP contribution is -2.27. The van der Waals surface area contributed by atoms with Crippen molar-refractivity contribution in [2.75, 3.05) is 13.1 Å². The summed E-state index contributed by atoms with van der Waals surface area (Å²) in [6.45, 7) is 3.68. The molecule has 1 rings (SSSR count). The highest BCUT2D eigenvalue weighted by atomic mass is 16.4. The summed E-state index contributed by atoms with van der Waals surface area (Å²) in [5.41, 5.74) is 0. The van der Waals surface area contributed by atoms with Crippen molar-refractivity contribution in [3.05, 3.63) is 0 Å². The molecule has 0 heterocycles. The Morgan fingerprint density at radius 2 is 2.07 bits per heavy atom. The molecule has 0 aliphatic heterocycles. The molecule has 1 unspecified atom stereocenters. The number of aliphatic carboxylic acids is 1. The van der Waals surface area contributed by atoms with Gasteiger partial charge in [0.15, 0.2) is 0 Å². The quantitative estimate of drug-likeness (QED) is 0.665. The first-order valence-corrected chi connectivity index (χ1v) is 6.13. The minimum absolute atomic E-state index is 0.219. The number of carboxylic acids is 1. The minimum Gasteiger partial charge on any atom is -0.481 e. The van der Waals surface area contributed by atoms with E-state index >= 15 is 0 Å². The Hall–Kier alpha value is -0.570. The highest BCUT2D eigenvalue weighted by Gasteiger charge is 2.13. The average molecular weight is 213 g/mol. The molecule has 0 saturated heterocycles. The molecule has 3 heteroatoms. The summed E-state index contributed by atoms with van der Waals surface area (Å²) in [6.07, 6.45) is 7.58. The molecule has 1 fully saturated rings. The molecule has 0 aromatic carbocycles. The number of rotatable bonds is 6. The molecule has 15 heavy (non-hydrogen) atoms. The van der Waals surface area contributed by atoms with Gasteiger partial charge >= 0.3 is 5.97 Å². The molecule has 0 aromatic heterocycles. The van der Waals surface area contributed by atoms with Gasteiger partial charge in [0.05, 0.1) is 5.92 Å². The summed E-state index contributed by atoms with van der Waals surface area (Å²) >= 11 is 0. The first kappa shape index (κ1) is 12.5. The molecule has 1 saturated carbocycles. The maximum Gasteiger partial charge on any atom is 0.306 e. The number of carboxylic acid groups (broad SMARTS) is 1. The van der Waals surface area contributed by atoms with Gasteiger partial charge in [0.1, 0.15) is 0 Å². The molecule has 1 aliphatic carbocycles. The Bertz CT molecular complexity index is 188. The monoisotopic (exact) mass is 213 g/mol. The largest absolute Gasteiger partial charge is 0.481 e. The minimum atomic E-state index is -0.686. The average Bonchev–Trinajstić information content (AvgIpc) is 2.25. The molecule has 88 valence electrons. The van der Waals surface area contributed by atoms with Crippen molar-refractivity contribution in [3.8, 4) is 0 Å². The SMILES string of the molecule is CC(CCNCC1CCCCC1)C(=O)O. The van der Waals surface area contributed by atoms with Crippen LogP contribution in [0.25, 0.3) is 0 Å². The summed E-state index contributed by atoms with van der Waals surface area (Å²) in [4.78, 5) is 10.6. The predicted molar refractivity (Wildman–Crippen MR) is 60.9 cm³/mol. The third-order valence-corrected chi connectivity index (χ3v) is 3.33. The molecule has 0 radical (unpaired) electrons. The van der Waals surface area contributed by atoms with Crippen LogP contribution in [0.3, 0.4) is 0 Å². The lowest BCUT2D eigenvalue weighted by molar-refractivity contribution is -0.141. The summed E-state index contributed by atoms with van der Waals surface area (Å²) in [5.74, 6) is -0.0720. The standard InChI is InChI=1S/C12H23NO2/c1-10(12(14)15)7-8-13-9-11-5-3-2-4-6-11/h10-11,13H,2-9H2,1H3,(H,14,15). The van der Waals surface area contributed by atoms with Crippen molar-refractivity contribution >= 4 is 5.97 Å². The Labute approximate surface area is 92.3 Å². The van der Waals surface area contributed by atoms with Crippen LogP contribution in [0.15, 0.2) is 0 Å². The van der Waals surface area contributed by atoms with Crippen LogP contribution >= 0.6 is 0 Å². The number of hydrogen-bond acceptors (Lipinski definition) is 2. The molecule has 1 atom stereocenters. The fourth-order valence-electron chi connectivity index (χ4n) is 2.14. The van der Waals surface area contributed by atoms with Crippen molar-refractivity contribution in [1.82, 2.24) is 5.32 Å². The van der Waals surface area contributed by atoms with E-state index in [0.29, 0.717) is 0 Å². The Morgan fingerprint density at radius 1 is 1.40 bits per heavy atom. The second-order valence-electron chi connectivity index (χ2n) is 4.74. The highest BCUT2D eigenvalue weighted by molar-refractivity contribution is 5.69. The third-order valence-electron chi connectivity index (χ3n) is 3.33. The van der Waals surface area contributed by atoms with E-state index in [1.54, 1.807) is 6.92 Å². The van der Waals surface area contributed by atoms with Crippen LogP contribution in [0.5, 0.6) is 0 Å². The first-order chi connectivity index (χ1) is 7.20. The smallest absolute Gasteiger partial charge is 0.306 e. The summed E-state index contributed by atoms with van der Waals surface area (Å²) < 4.78 is 0. The van der Waals surface area contributed by atoms with Crippen LogP contribution in [0, 0.1) is 11.8 Å². The van der Waals surface area contributed by atoms with Gasteiger partial charge in [0.25, 0.3) is 0 Å². The van der Waals surface area contributed by atoms with Gasteiger partial charge in [-0.1, -0.05) is 26.2 Å². The van der Waals surface area contributed by atoms with Crippen molar-refractivity contribution < 1.29 is 9.90 Å². The Balaban J connectivity index is 1.98. The lowest BCUT2D eigenvalue weighted by Gasteiger charge is -2.21. The van der Waals surface area contributed by atoms with E-state index in [4.69, 9.17) is 5.11 Å². The first-order valence-electron chi connectivity index (χ1n) is 6.13. The van der Waals surface area contributed by atoms with Gasteiger partial charge in [0, 0.05) is 0 Å². The van der Waals surface area contributed by atoms with E-state index in [1.807, 2.05) is 0 Å². The van der Waals surface area contributed by atoms with Crippen LogP contribution < -0.4 is 5.32 Å². The van der Waals surface area contributed by atoms with Crippen LogP contribution in [-0.2, 0) is 4.79 Å². The van der Waals surface area contributed by atoms with Gasteiger partial charge in [-0.15, -0.1) is 0 Å². The van der Waals surface area contributed by atoms with Crippen molar-refractivity contribution in [3.63, 3.8) is 0 Å². The van der Waals surface area contributed by atoms with E-state index in [2.05, 4.69) is 5.32 Å². The maximum atomic E-state index is 10.6. The van der Waals surface area contributed by atoms with Crippen LogP contribution in [-0.4, -0.2) is 24.2 Å². The molecule has 2 N–H and O–H groups in total. The number of carbonyl (C=O) groups is 1. The maximum absolute atomic E-state index is 10.6. The lowest BCUT2D eigenvalue weighted by atomic mass is 9.89. The van der Waals surface area contributed by atoms with Crippen molar-refractivity contribution in [2.45, 2.75) is 45.4 Å². The zero-order valence-electron chi connectivity index (χ0n) is 9.67. The van der Waals surface area contributed by atoms with E-state index in [1.165, 1.54) is 32.1 Å². The van der Waals surface area contributed by atoms with Gasteiger partial charge in [-0.25, -0.2) is 0 Å². The molecule has 0 aromatic rings. The van der Waals surface area contributed by atoms with Gasteiger partial charge in [-0.2, -0.15) is 0 Å². The molecule has 0 amide bonds. The second kappa shape index (κ2) is 6.83.